The average Bonchev–Trinajstić information content (AvgIpc) is 2.66. The van der Waals surface area contributed by atoms with Crippen LogP contribution in [0, 0.1) is 6.92 Å². The van der Waals surface area contributed by atoms with E-state index in [-0.39, 0.29) is 0 Å². The second-order valence-electron chi connectivity index (χ2n) is 9.07. The lowest BCUT2D eigenvalue weighted by Gasteiger charge is -2.37. The number of likely N-dealkylation sites (N-methyl/N-ethyl adjacent to an activating group) is 4. The van der Waals surface area contributed by atoms with Crippen LogP contribution in [-0.2, 0) is 0 Å². The van der Waals surface area contributed by atoms with Gasteiger partial charge in [0, 0.05) is 32.6 Å². The molecular weight excluding hydrogens is 348 g/mol. The van der Waals surface area contributed by atoms with Crippen LogP contribution >= 0.6 is 0 Å². The summed E-state index contributed by atoms with van der Waals surface area (Å²) in [6.07, 6.45) is 2.49. The fraction of sp³-hybridized carbons (Fsp3) is 0.739. The molecule has 1 heterocycles. The summed E-state index contributed by atoms with van der Waals surface area (Å²) >= 11 is 0. The molecule has 1 aliphatic rings. The number of rotatable bonds is 4. The molecule has 0 bridgehead atoms. The quantitative estimate of drug-likeness (QED) is 0.734. The number of benzene rings is 1. The number of aryl methyl sites for hydroxylation is 1. The van der Waals surface area contributed by atoms with Crippen LogP contribution in [0.2, 0.25) is 0 Å². The summed E-state index contributed by atoms with van der Waals surface area (Å²) in [4.78, 5) is 7.46. The Kier molecular flexibility index (Phi) is 9.72. The zero-order chi connectivity index (χ0) is 20.4. The highest BCUT2D eigenvalue weighted by Gasteiger charge is 2.22. The van der Waals surface area contributed by atoms with Crippen LogP contribution in [0.5, 0.6) is 5.75 Å². The van der Waals surface area contributed by atoms with Gasteiger partial charge in [0.2, 0.25) is 0 Å². The van der Waals surface area contributed by atoms with Crippen molar-refractivity contribution in [2.45, 2.75) is 19.8 Å². The van der Waals surface area contributed by atoms with Crippen molar-refractivity contribution in [1.29, 1.82) is 0 Å². The van der Waals surface area contributed by atoms with Gasteiger partial charge in [0.05, 0.1) is 20.1 Å². The fourth-order valence-corrected chi connectivity index (χ4v) is 3.78. The van der Waals surface area contributed by atoms with Crippen LogP contribution in [-0.4, -0.2) is 113 Å². The summed E-state index contributed by atoms with van der Waals surface area (Å²) in [6, 6.07) is 8.40. The van der Waals surface area contributed by atoms with Gasteiger partial charge in [-0.15, -0.1) is 0 Å². The molecule has 1 saturated heterocycles. The zero-order valence-electron chi connectivity index (χ0n) is 19.0. The van der Waals surface area contributed by atoms with Crippen molar-refractivity contribution in [3.05, 3.63) is 29.8 Å². The number of hydrogen-bond donors (Lipinski definition) is 0. The van der Waals surface area contributed by atoms with Gasteiger partial charge < -0.3 is 23.9 Å². The molecule has 0 amide bonds. The maximum absolute atomic E-state index is 6.05. The standard InChI is InChI=1S/C23H43N4O/c1-22-8-10-23(11-9-22)28-21-20-27(5)18-7-14-25(3)16-15-24(2)12-6-13-26(4)17-19-27/h8-11H,6-7,12-21H2,1-5H3/q+1. The van der Waals surface area contributed by atoms with Gasteiger partial charge in [0.25, 0.3) is 0 Å². The Labute approximate surface area is 173 Å². The van der Waals surface area contributed by atoms with E-state index in [2.05, 4.69) is 74.1 Å². The van der Waals surface area contributed by atoms with Crippen molar-refractivity contribution >= 4 is 0 Å². The molecular formula is C23H43N4O+. The molecule has 2 rings (SSSR count). The van der Waals surface area contributed by atoms with Crippen LogP contribution in [0.15, 0.2) is 24.3 Å². The third-order valence-corrected chi connectivity index (χ3v) is 6.12. The minimum atomic E-state index is 0.782. The first kappa shape index (κ1) is 23.1. The summed E-state index contributed by atoms with van der Waals surface area (Å²) < 4.78 is 7.14. The second-order valence-corrected chi connectivity index (χ2v) is 9.07. The molecule has 1 aromatic carbocycles. The van der Waals surface area contributed by atoms with Gasteiger partial charge >= 0.3 is 0 Å². The summed E-state index contributed by atoms with van der Waals surface area (Å²) in [6.45, 7) is 13.4. The van der Waals surface area contributed by atoms with Crippen molar-refractivity contribution in [2.75, 3.05) is 93.7 Å². The average molecular weight is 392 g/mol. The van der Waals surface area contributed by atoms with E-state index in [1.807, 2.05) is 0 Å². The SMILES string of the molecule is Cc1ccc(OCC[N+]2(C)CCCN(C)CCN(C)CCCN(C)CC2)cc1. The molecule has 1 aromatic rings. The monoisotopic (exact) mass is 391 g/mol. The van der Waals surface area contributed by atoms with Crippen molar-refractivity contribution in [3.63, 3.8) is 0 Å². The summed E-state index contributed by atoms with van der Waals surface area (Å²) in [5.41, 5.74) is 1.28. The Morgan fingerprint density at radius 3 is 2.00 bits per heavy atom. The van der Waals surface area contributed by atoms with Gasteiger partial charge in [0.1, 0.15) is 18.9 Å². The normalized spacial score (nSPS) is 25.3. The molecule has 1 fully saturated rings. The Morgan fingerprint density at radius 1 is 0.786 bits per heavy atom. The molecule has 0 radical (unpaired) electrons. The molecule has 28 heavy (non-hydrogen) atoms. The van der Waals surface area contributed by atoms with Gasteiger partial charge in [-0.05, 0) is 59.7 Å². The van der Waals surface area contributed by atoms with Crippen LogP contribution in [0.3, 0.4) is 0 Å². The van der Waals surface area contributed by atoms with Crippen molar-refractivity contribution in [1.82, 2.24) is 14.7 Å². The largest absolute Gasteiger partial charge is 0.488 e. The van der Waals surface area contributed by atoms with E-state index in [1.165, 1.54) is 51.1 Å². The first-order chi connectivity index (χ1) is 13.4. The van der Waals surface area contributed by atoms with Gasteiger partial charge in [0.15, 0.2) is 0 Å². The number of hydrogen-bond acceptors (Lipinski definition) is 4. The molecule has 160 valence electrons. The number of nitrogens with zero attached hydrogens (tertiary/aromatic N) is 4. The predicted molar refractivity (Wildman–Crippen MR) is 119 cm³/mol. The Balaban J connectivity index is 1.89. The topological polar surface area (TPSA) is 19.0 Å². The van der Waals surface area contributed by atoms with Crippen molar-refractivity contribution in [2.24, 2.45) is 0 Å². The van der Waals surface area contributed by atoms with E-state index in [9.17, 15) is 0 Å². The second kappa shape index (κ2) is 11.8. The molecule has 1 unspecified atom stereocenters. The van der Waals surface area contributed by atoms with Gasteiger partial charge in [-0.1, -0.05) is 17.7 Å². The molecule has 0 spiro atoms. The van der Waals surface area contributed by atoms with E-state index < -0.39 is 0 Å². The Bertz CT molecular complexity index is 550. The van der Waals surface area contributed by atoms with Crippen LogP contribution in [0.25, 0.3) is 0 Å². The zero-order valence-corrected chi connectivity index (χ0v) is 19.0. The Morgan fingerprint density at radius 2 is 1.36 bits per heavy atom. The van der Waals surface area contributed by atoms with Gasteiger partial charge in [-0.3, -0.25) is 0 Å². The van der Waals surface area contributed by atoms with E-state index in [0.29, 0.717) is 0 Å². The highest BCUT2D eigenvalue weighted by atomic mass is 16.5. The highest BCUT2D eigenvalue weighted by Crippen LogP contribution is 2.13. The smallest absolute Gasteiger partial charge is 0.137 e. The van der Waals surface area contributed by atoms with E-state index in [0.717, 1.165) is 43.0 Å². The summed E-state index contributed by atoms with van der Waals surface area (Å²) in [7, 11) is 9.19. The lowest BCUT2D eigenvalue weighted by Crippen LogP contribution is -2.52. The maximum Gasteiger partial charge on any atom is 0.137 e. The number of quaternary nitrogens is 1. The first-order valence-electron chi connectivity index (χ1n) is 10.9. The molecule has 1 atom stereocenters. The fourth-order valence-electron chi connectivity index (χ4n) is 3.78. The number of ether oxygens (including phenoxy) is 1. The molecule has 0 N–H and O–H groups in total. The minimum absolute atomic E-state index is 0.782. The molecule has 0 saturated carbocycles. The summed E-state index contributed by atoms with van der Waals surface area (Å²) in [5.74, 6) is 0.986. The maximum atomic E-state index is 6.05. The van der Waals surface area contributed by atoms with Gasteiger partial charge in [-0.25, -0.2) is 0 Å². The third kappa shape index (κ3) is 8.91. The van der Waals surface area contributed by atoms with Crippen LogP contribution < -0.4 is 4.74 Å². The molecule has 5 heteroatoms. The lowest BCUT2D eigenvalue weighted by atomic mass is 10.2. The van der Waals surface area contributed by atoms with Crippen molar-refractivity contribution < 1.29 is 9.22 Å². The Hall–Kier alpha value is -1.14. The van der Waals surface area contributed by atoms with Crippen LogP contribution in [0.1, 0.15) is 18.4 Å². The predicted octanol–water partition coefficient (Wildman–Crippen LogP) is 2.41. The third-order valence-electron chi connectivity index (χ3n) is 6.12. The lowest BCUT2D eigenvalue weighted by molar-refractivity contribution is -0.909. The minimum Gasteiger partial charge on any atom is -0.488 e. The van der Waals surface area contributed by atoms with E-state index in [4.69, 9.17) is 4.74 Å². The first-order valence-corrected chi connectivity index (χ1v) is 10.9. The summed E-state index contributed by atoms with van der Waals surface area (Å²) in [5, 5.41) is 0. The van der Waals surface area contributed by atoms with E-state index in [1.54, 1.807) is 0 Å². The molecule has 1 aliphatic heterocycles. The highest BCUT2D eigenvalue weighted by molar-refractivity contribution is 5.26. The molecule has 5 nitrogen and oxygen atoms in total. The van der Waals surface area contributed by atoms with Crippen LogP contribution in [0.4, 0.5) is 0 Å². The van der Waals surface area contributed by atoms with E-state index >= 15 is 0 Å². The molecule has 0 aliphatic carbocycles. The van der Waals surface area contributed by atoms with Gasteiger partial charge in [-0.2, -0.15) is 0 Å². The molecule has 0 aromatic heterocycles. The van der Waals surface area contributed by atoms with Crippen molar-refractivity contribution in [3.8, 4) is 5.75 Å².